The standard InChI is InChI=1S/C29H33Cl2N3O6S/c1-6-32-29(36)20(3)33(17-21-9-13-24(30)25(31)15-21)28(35)18-34(26-16-22(39-4)10-14-27(26)40-5)41(37,38)23-11-7-19(2)8-12-23/h7-16,20H,6,17-18H2,1-5H3,(H,32,36)/t20-/m0/s1. The highest BCUT2D eigenvalue weighted by Gasteiger charge is 2.34. The van der Waals surface area contributed by atoms with Crippen LogP contribution in [0.1, 0.15) is 25.0 Å². The number of carbonyl (C=O) groups is 2. The van der Waals surface area contributed by atoms with Crippen molar-refractivity contribution in [3.8, 4) is 11.5 Å². The Morgan fingerprint density at radius 3 is 2.22 bits per heavy atom. The van der Waals surface area contributed by atoms with Gasteiger partial charge in [-0.2, -0.15) is 0 Å². The number of hydrogen-bond donors (Lipinski definition) is 1. The van der Waals surface area contributed by atoms with Crippen LogP contribution in [0.25, 0.3) is 0 Å². The van der Waals surface area contributed by atoms with Crippen LogP contribution in [0.2, 0.25) is 10.0 Å². The average molecular weight is 623 g/mol. The minimum absolute atomic E-state index is 0.0198. The first-order valence-corrected chi connectivity index (χ1v) is 14.9. The molecule has 0 saturated heterocycles. The molecule has 220 valence electrons. The van der Waals surface area contributed by atoms with Crippen LogP contribution in [0.4, 0.5) is 5.69 Å². The molecule has 0 unspecified atom stereocenters. The van der Waals surface area contributed by atoms with E-state index in [1.165, 1.54) is 37.3 Å². The van der Waals surface area contributed by atoms with Crippen molar-refractivity contribution in [3.05, 3.63) is 81.8 Å². The lowest BCUT2D eigenvalue weighted by Gasteiger charge is -2.32. The zero-order valence-corrected chi connectivity index (χ0v) is 25.8. The number of amides is 2. The molecule has 0 aliphatic carbocycles. The molecule has 0 spiro atoms. The van der Waals surface area contributed by atoms with Crippen molar-refractivity contribution >= 4 is 50.7 Å². The van der Waals surface area contributed by atoms with Crippen LogP contribution < -0.4 is 19.1 Å². The fraction of sp³-hybridized carbons (Fsp3) is 0.310. The number of ether oxygens (including phenoxy) is 2. The predicted octanol–water partition coefficient (Wildman–Crippen LogP) is 5.07. The Morgan fingerprint density at radius 1 is 0.951 bits per heavy atom. The Kier molecular flexibility index (Phi) is 10.9. The van der Waals surface area contributed by atoms with Crippen LogP contribution in [0.15, 0.2) is 65.6 Å². The molecular weight excluding hydrogens is 589 g/mol. The maximum atomic E-state index is 14.1. The topological polar surface area (TPSA) is 105 Å². The van der Waals surface area contributed by atoms with Crippen molar-refractivity contribution in [2.24, 2.45) is 0 Å². The summed E-state index contributed by atoms with van der Waals surface area (Å²) in [6.45, 7) is 4.87. The summed E-state index contributed by atoms with van der Waals surface area (Å²) >= 11 is 12.3. The maximum Gasteiger partial charge on any atom is 0.264 e. The third-order valence-corrected chi connectivity index (χ3v) is 8.91. The van der Waals surface area contributed by atoms with Crippen molar-refractivity contribution in [1.82, 2.24) is 10.2 Å². The van der Waals surface area contributed by atoms with Gasteiger partial charge >= 0.3 is 0 Å². The number of anilines is 1. The van der Waals surface area contributed by atoms with E-state index >= 15 is 0 Å². The van der Waals surface area contributed by atoms with Crippen molar-refractivity contribution in [3.63, 3.8) is 0 Å². The van der Waals surface area contributed by atoms with E-state index in [1.807, 2.05) is 6.92 Å². The number of aryl methyl sites for hydroxylation is 1. The molecule has 3 rings (SSSR count). The lowest BCUT2D eigenvalue weighted by molar-refractivity contribution is -0.139. The first-order chi connectivity index (χ1) is 19.4. The van der Waals surface area contributed by atoms with Gasteiger partial charge in [-0.05, 0) is 62.7 Å². The van der Waals surface area contributed by atoms with Gasteiger partial charge in [0.2, 0.25) is 11.8 Å². The van der Waals surface area contributed by atoms with E-state index in [9.17, 15) is 18.0 Å². The zero-order valence-electron chi connectivity index (χ0n) is 23.5. The van der Waals surface area contributed by atoms with E-state index in [-0.39, 0.29) is 27.9 Å². The van der Waals surface area contributed by atoms with Crippen LogP contribution in [-0.2, 0) is 26.2 Å². The van der Waals surface area contributed by atoms with Crippen LogP contribution >= 0.6 is 23.2 Å². The molecule has 9 nitrogen and oxygen atoms in total. The highest BCUT2D eigenvalue weighted by atomic mass is 35.5. The second-order valence-electron chi connectivity index (χ2n) is 9.20. The summed E-state index contributed by atoms with van der Waals surface area (Å²) in [5.41, 5.74) is 1.57. The number of carbonyl (C=O) groups excluding carboxylic acids is 2. The molecule has 3 aromatic rings. The van der Waals surface area contributed by atoms with Gasteiger partial charge in [-0.1, -0.05) is 47.0 Å². The molecule has 0 aliphatic heterocycles. The predicted molar refractivity (Wildman–Crippen MR) is 160 cm³/mol. The number of hydrogen-bond acceptors (Lipinski definition) is 6. The van der Waals surface area contributed by atoms with Gasteiger partial charge < -0.3 is 19.7 Å². The maximum absolute atomic E-state index is 14.1. The normalized spacial score (nSPS) is 11.9. The molecule has 12 heteroatoms. The van der Waals surface area contributed by atoms with Crippen LogP contribution in [-0.4, -0.2) is 58.5 Å². The molecule has 41 heavy (non-hydrogen) atoms. The first kappa shape index (κ1) is 32.0. The van der Waals surface area contributed by atoms with Gasteiger partial charge in [0.05, 0.1) is 34.8 Å². The van der Waals surface area contributed by atoms with Gasteiger partial charge in [0.25, 0.3) is 10.0 Å². The van der Waals surface area contributed by atoms with Crippen molar-refractivity contribution < 1.29 is 27.5 Å². The van der Waals surface area contributed by atoms with E-state index in [4.69, 9.17) is 32.7 Å². The second kappa shape index (κ2) is 13.9. The van der Waals surface area contributed by atoms with Crippen molar-refractivity contribution in [1.29, 1.82) is 0 Å². The van der Waals surface area contributed by atoms with E-state index in [1.54, 1.807) is 56.3 Å². The minimum Gasteiger partial charge on any atom is -0.497 e. The molecule has 1 atom stereocenters. The number of nitrogens with one attached hydrogen (secondary N) is 1. The largest absolute Gasteiger partial charge is 0.497 e. The number of methoxy groups -OCH3 is 2. The number of likely N-dealkylation sites (N-methyl/N-ethyl adjacent to an activating group) is 1. The summed E-state index contributed by atoms with van der Waals surface area (Å²) in [5.74, 6) is -0.453. The van der Waals surface area contributed by atoms with Gasteiger partial charge in [0, 0.05) is 19.2 Å². The Bertz CT molecular complexity index is 1500. The van der Waals surface area contributed by atoms with Crippen LogP contribution in [0.5, 0.6) is 11.5 Å². The van der Waals surface area contributed by atoms with Crippen LogP contribution in [0.3, 0.4) is 0 Å². The highest BCUT2D eigenvalue weighted by molar-refractivity contribution is 7.92. The first-order valence-electron chi connectivity index (χ1n) is 12.8. The van der Waals surface area contributed by atoms with Gasteiger partial charge in [0.1, 0.15) is 24.1 Å². The molecule has 0 saturated carbocycles. The van der Waals surface area contributed by atoms with E-state index in [0.717, 1.165) is 9.87 Å². The fourth-order valence-corrected chi connectivity index (χ4v) is 5.82. The van der Waals surface area contributed by atoms with Gasteiger partial charge in [-0.3, -0.25) is 13.9 Å². The summed E-state index contributed by atoms with van der Waals surface area (Å²) < 4.78 is 39.9. The molecule has 0 aliphatic rings. The summed E-state index contributed by atoms with van der Waals surface area (Å²) in [6, 6.07) is 14.9. The van der Waals surface area contributed by atoms with E-state index in [2.05, 4.69) is 5.32 Å². The SMILES string of the molecule is CCNC(=O)[C@H](C)N(Cc1ccc(Cl)c(Cl)c1)C(=O)CN(c1cc(OC)ccc1OC)S(=O)(=O)c1ccc(C)cc1. The summed E-state index contributed by atoms with van der Waals surface area (Å²) in [4.78, 5) is 28.2. The monoisotopic (exact) mass is 621 g/mol. The molecule has 3 aromatic carbocycles. The Hall–Kier alpha value is -3.47. The van der Waals surface area contributed by atoms with Crippen LogP contribution in [0, 0.1) is 6.92 Å². The number of nitrogens with zero attached hydrogens (tertiary/aromatic N) is 2. The van der Waals surface area contributed by atoms with Gasteiger partial charge in [-0.25, -0.2) is 8.42 Å². The van der Waals surface area contributed by atoms with Crippen molar-refractivity contribution in [2.45, 2.75) is 38.3 Å². The molecular formula is C29H33Cl2N3O6S. The third kappa shape index (κ3) is 7.63. The smallest absolute Gasteiger partial charge is 0.264 e. The fourth-order valence-electron chi connectivity index (χ4n) is 4.08. The highest BCUT2D eigenvalue weighted by Crippen LogP contribution is 2.36. The third-order valence-electron chi connectivity index (χ3n) is 6.40. The summed E-state index contributed by atoms with van der Waals surface area (Å²) in [7, 11) is -1.44. The van der Waals surface area contributed by atoms with Gasteiger partial charge in [0.15, 0.2) is 0 Å². The number of benzene rings is 3. The lowest BCUT2D eigenvalue weighted by Crippen LogP contribution is -2.51. The van der Waals surface area contributed by atoms with E-state index < -0.39 is 34.4 Å². The zero-order chi connectivity index (χ0) is 30.3. The molecule has 0 radical (unpaired) electrons. The summed E-state index contributed by atoms with van der Waals surface area (Å²) in [6.07, 6.45) is 0. The average Bonchev–Trinajstić information content (AvgIpc) is 2.95. The molecule has 0 aromatic heterocycles. The minimum atomic E-state index is -4.29. The lowest BCUT2D eigenvalue weighted by atomic mass is 10.1. The number of sulfonamides is 1. The summed E-state index contributed by atoms with van der Waals surface area (Å²) in [5, 5.41) is 3.34. The van der Waals surface area contributed by atoms with Gasteiger partial charge in [-0.15, -0.1) is 0 Å². The quantitative estimate of drug-likeness (QED) is 0.303. The Balaban J connectivity index is 2.13. The molecule has 0 bridgehead atoms. The van der Waals surface area contributed by atoms with E-state index in [0.29, 0.717) is 22.9 Å². The Labute approximate surface area is 251 Å². The molecule has 0 heterocycles. The molecule has 1 N–H and O–H groups in total. The number of halogens is 2. The second-order valence-corrected chi connectivity index (χ2v) is 11.9. The molecule has 0 fully saturated rings. The molecule has 2 amide bonds. The number of rotatable bonds is 12. The Morgan fingerprint density at radius 2 is 1.63 bits per heavy atom. The van der Waals surface area contributed by atoms with Crippen molar-refractivity contribution in [2.75, 3.05) is 31.6 Å².